The summed E-state index contributed by atoms with van der Waals surface area (Å²) in [6, 6.07) is 6.05. The molecule has 1 aliphatic heterocycles. The van der Waals surface area contributed by atoms with Crippen molar-refractivity contribution in [3.63, 3.8) is 0 Å². The summed E-state index contributed by atoms with van der Waals surface area (Å²) < 4.78 is 5.11. The van der Waals surface area contributed by atoms with Crippen molar-refractivity contribution in [1.29, 1.82) is 0 Å². The van der Waals surface area contributed by atoms with Gasteiger partial charge in [-0.3, -0.25) is 19.3 Å². The molecule has 1 aromatic carbocycles. The van der Waals surface area contributed by atoms with Gasteiger partial charge in [0.25, 0.3) is 5.91 Å². The summed E-state index contributed by atoms with van der Waals surface area (Å²) in [4.78, 5) is 49.7. The molecule has 0 radical (unpaired) electrons. The number of rotatable bonds is 4. The Balaban J connectivity index is 2.16. The van der Waals surface area contributed by atoms with Gasteiger partial charge in [-0.05, 0) is 25.1 Å². The summed E-state index contributed by atoms with van der Waals surface area (Å²) in [6.07, 6.45) is -0.583. The summed E-state index contributed by atoms with van der Waals surface area (Å²) in [5, 5.41) is 0. The van der Waals surface area contributed by atoms with Crippen LogP contribution in [0.1, 0.15) is 30.1 Å². The van der Waals surface area contributed by atoms with Gasteiger partial charge in [0.15, 0.2) is 6.10 Å². The third-order valence-corrected chi connectivity index (χ3v) is 3.46. The fraction of sp³-hybridized carbons (Fsp3) is 0.375. The van der Waals surface area contributed by atoms with Gasteiger partial charge in [-0.1, -0.05) is 6.07 Å². The van der Waals surface area contributed by atoms with E-state index >= 15 is 0 Å². The predicted octanol–water partition coefficient (Wildman–Crippen LogP) is 0.974. The molecule has 0 spiro atoms. The maximum Gasteiger partial charge on any atom is 0.338 e. The lowest BCUT2D eigenvalue weighted by Crippen LogP contribution is -2.35. The van der Waals surface area contributed by atoms with Crippen molar-refractivity contribution in [3.8, 4) is 0 Å². The zero-order valence-corrected chi connectivity index (χ0v) is 13.2. The number of ether oxygens (including phenoxy) is 1. The van der Waals surface area contributed by atoms with Crippen LogP contribution in [-0.4, -0.2) is 48.8 Å². The molecule has 122 valence electrons. The van der Waals surface area contributed by atoms with Gasteiger partial charge >= 0.3 is 5.97 Å². The van der Waals surface area contributed by atoms with Crippen molar-refractivity contribution in [3.05, 3.63) is 29.8 Å². The number of hydrogen-bond acceptors (Lipinski definition) is 5. The normalized spacial score (nSPS) is 15.5. The van der Waals surface area contributed by atoms with E-state index in [0.717, 1.165) is 4.90 Å². The molecule has 2 rings (SSSR count). The number of hydrogen-bond donors (Lipinski definition) is 0. The van der Waals surface area contributed by atoms with Crippen LogP contribution in [0.5, 0.6) is 0 Å². The lowest BCUT2D eigenvalue weighted by atomic mass is 10.2. The number of carbonyl (C=O) groups excluding carboxylic acids is 4. The van der Waals surface area contributed by atoms with Crippen LogP contribution in [0, 0.1) is 0 Å². The number of anilines is 1. The van der Waals surface area contributed by atoms with Crippen molar-refractivity contribution in [2.45, 2.75) is 25.9 Å². The van der Waals surface area contributed by atoms with E-state index in [0.29, 0.717) is 5.69 Å². The number of carbonyl (C=O) groups is 4. The molecule has 1 aliphatic rings. The highest BCUT2D eigenvalue weighted by Crippen LogP contribution is 2.23. The minimum atomic E-state index is -0.920. The first-order chi connectivity index (χ1) is 10.8. The van der Waals surface area contributed by atoms with Crippen molar-refractivity contribution >= 4 is 29.4 Å². The molecule has 3 amide bonds. The van der Waals surface area contributed by atoms with Crippen molar-refractivity contribution in [2.75, 3.05) is 19.0 Å². The molecule has 1 fully saturated rings. The zero-order valence-electron chi connectivity index (χ0n) is 13.2. The number of esters is 1. The van der Waals surface area contributed by atoms with E-state index in [1.807, 2.05) is 0 Å². The second-order valence-electron chi connectivity index (χ2n) is 5.45. The number of imide groups is 1. The Morgan fingerprint density at radius 2 is 1.78 bits per heavy atom. The summed E-state index contributed by atoms with van der Waals surface area (Å²) in [7, 11) is 3.13. The van der Waals surface area contributed by atoms with E-state index in [1.54, 1.807) is 26.2 Å². The van der Waals surface area contributed by atoms with Gasteiger partial charge in [0.2, 0.25) is 11.8 Å². The van der Waals surface area contributed by atoms with Crippen LogP contribution >= 0.6 is 0 Å². The number of amides is 3. The number of benzene rings is 1. The predicted molar refractivity (Wildman–Crippen MR) is 81.7 cm³/mol. The van der Waals surface area contributed by atoms with Crippen LogP contribution in [0.2, 0.25) is 0 Å². The van der Waals surface area contributed by atoms with E-state index in [4.69, 9.17) is 4.74 Å². The van der Waals surface area contributed by atoms with E-state index in [1.165, 1.54) is 24.0 Å². The molecule has 0 saturated carbocycles. The van der Waals surface area contributed by atoms with Crippen molar-refractivity contribution in [1.82, 2.24) is 4.90 Å². The summed E-state index contributed by atoms with van der Waals surface area (Å²) in [5.41, 5.74) is 0.506. The molecule has 0 unspecified atom stereocenters. The Labute approximate surface area is 133 Å². The second kappa shape index (κ2) is 6.60. The van der Waals surface area contributed by atoms with Crippen LogP contribution in [0.15, 0.2) is 24.3 Å². The summed E-state index contributed by atoms with van der Waals surface area (Å²) in [5.74, 6) is -1.61. The van der Waals surface area contributed by atoms with Gasteiger partial charge in [-0.2, -0.15) is 0 Å². The average molecular weight is 318 g/mol. The average Bonchev–Trinajstić information content (AvgIpc) is 2.85. The Hall–Kier alpha value is -2.70. The van der Waals surface area contributed by atoms with Crippen LogP contribution in [-0.2, 0) is 19.1 Å². The first-order valence-corrected chi connectivity index (χ1v) is 7.19. The molecule has 7 nitrogen and oxygen atoms in total. The molecule has 0 N–H and O–H groups in total. The van der Waals surface area contributed by atoms with E-state index in [9.17, 15) is 19.2 Å². The quantitative estimate of drug-likeness (QED) is 0.610. The Morgan fingerprint density at radius 1 is 1.17 bits per heavy atom. The highest BCUT2D eigenvalue weighted by atomic mass is 16.5. The Bertz CT molecular complexity index is 652. The van der Waals surface area contributed by atoms with E-state index in [-0.39, 0.29) is 36.1 Å². The minimum Gasteiger partial charge on any atom is -0.449 e. The summed E-state index contributed by atoms with van der Waals surface area (Å²) in [6.45, 7) is 1.48. The van der Waals surface area contributed by atoms with E-state index < -0.39 is 12.1 Å². The first-order valence-electron chi connectivity index (χ1n) is 7.19. The molecule has 0 aromatic heterocycles. The van der Waals surface area contributed by atoms with Gasteiger partial charge in [-0.25, -0.2) is 4.79 Å². The zero-order chi connectivity index (χ0) is 17.1. The highest BCUT2D eigenvalue weighted by Gasteiger charge is 2.30. The molecular formula is C16H18N2O5. The molecule has 1 heterocycles. The van der Waals surface area contributed by atoms with Crippen LogP contribution in [0.25, 0.3) is 0 Å². The van der Waals surface area contributed by atoms with Crippen LogP contribution in [0.4, 0.5) is 5.69 Å². The van der Waals surface area contributed by atoms with Crippen LogP contribution < -0.4 is 4.90 Å². The molecular weight excluding hydrogens is 300 g/mol. The molecule has 1 atom stereocenters. The SMILES string of the molecule is C[C@H](OC(=O)c1cccc(N2C(=O)CCC2=O)c1)C(=O)N(C)C. The third kappa shape index (κ3) is 3.56. The highest BCUT2D eigenvalue weighted by molar-refractivity contribution is 6.20. The minimum absolute atomic E-state index is 0.169. The molecule has 0 bridgehead atoms. The smallest absolute Gasteiger partial charge is 0.338 e. The monoisotopic (exact) mass is 318 g/mol. The van der Waals surface area contributed by atoms with E-state index in [2.05, 4.69) is 0 Å². The van der Waals surface area contributed by atoms with Crippen molar-refractivity contribution in [2.24, 2.45) is 0 Å². The van der Waals surface area contributed by atoms with Crippen molar-refractivity contribution < 1.29 is 23.9 Å². The molecule has 1 aromatic rings. The Kier molecular flexibility index (Phi) is 4.78. The molecule has 7 heteroatoms. The van der Waals surface area contributed by atoms with Gasteiger partial charge in [0.1, 0.15) is 0 Å². The third-order valence-electron chi connectivity index (χ3n) is 3.46. The maximum atomic E-state index is 12.1. The number of likely N-dealkylation sites (N-methyl/N-ethyl adjacent to an activating group) is 1. The lowest BCUT2D eigenvalue weighted by Gasteiger charge is -2.18. The number of nitrogens with zero attached hydrogens (tertiary/aromatic N) is 2. The van der Waals surface area contributed by atoms with Gasteiger partial charge < -0.3 is 9.64 Å². The Morgan fingerprint density at radius 3 is 2.35 bits per heavy atom. The summed E-state index contributed by atoms with van der Waals surface area (Å²) >= 11 is 0. The van der Waals surface area contributed by atoms with Gasteiger partial charge in [0, 0.05) is 26.9 Å². The fourth-order valence-corrected chi connectivity index (χ4v) is 2.28. The fourth-order valence-electron chi connectivity index (χ4n) is 2.28. The largest absolute Gasteiger partial charge is 0.449 e. The van der Waals surface area contributed by atoms with Gasteiger partial charge in [0.05, 0.1) is 11.3 Å². The topological polar surface area (TPSA) is 84.0 Å². The maximum absolute atomic E-state index is 12.1. The standard InChI is InChI=1S/C16H18N2O5/c1-10(15(21)17(2)3)23-16(22)11-5-4-6-12(9-11)18-13(19)7-8-14(18)20/h4-6,9-10H,7-8H2,1-3H3/t10-/m0/s1. The van der Waals surface area contributed by atoms with Gasteiger partial charge in [-0.15, -0.1) is 0 Å². The molecule has 0 aliphatic carbocycles. The second-order valence-corrected chi connectivity index (χ2v) is 5.45. The van der Waals surface area contributed by atoms with Crippen LogP contribution in [0.3, 0.4) is 0 Å². The molecule has 1 saturated heterocycles. The first kappa shape index (κ1) is 16.7. The lowest BCUT2D eigenvalue weighted by molar-refractivity contribution is -0.137. The molecule has 23 heavy (non-hydrogen) atoms.